The first-order valence-electron chi connectivity index (χ1n) is 6.05. The molecule has 2 aromatic carbocycles. The number of nitro benzene ring substituents is 1. The summed E-state index contributed by atoms with van der Waals surface area (Å²) in [5.41, 5.74) is 2.05. The molecule has 0 saturated carbocycles. The topological polar surface area (TPSA) is 103 Å². The second-order valence-corrected chi connectivity index (χ2v) is 4.26. The minimum absolute atomic E-state index is 0.122. The summed E-state index contributed by atoms with van der Waals surface area (Å²) >= 11 is 0. The number of hydrogen-bond donors (Lipinski definition) is 1. The second kappa shape index (κ2) is 6.18. The molecule has 0 spiro atoms. The maximum absolute atomic E-state index is 10.7. The van der Waals surface area contributed by atoms with Crippen molar-refractivity contribution < 1.29 is 4.92 Å². The maximum atomic E-state index is 10.7. The average Bonchev–Trinajstić information content (AvgIpc) is 2.52. The molecule has 0 bridgehead atoms. The summed E-state index contributed by atoms with van der Waals surface area (Å²) in [5.74, 6) is 0. The summed E-state index contributed by atoms with van der Waals surface area (Å²) in [6, 6.07) is 15.1. The summed E-state index contributed by atoms with van der Waals surface area (Å²) in [5, 5.41) is 31.6. The summed E-state index contributed by atoms with van der Waals surface area (Å²) in [4.78, 5) is 10.1. The van der Waals surface area contributed by atoms with Crippen molar-refractivity contribution in [1.29, 1.82) is 10.5 Å². The molecule has 2 aromatic rings. The number of nitriles is 2. The molecule has 102 valence electrons. The van der Waals surface area contributed by atoms with Crippen LogP contribution in [0, 0.1) is 32.8 Å². The Morgan fingerprint density at radius 2 is 1.95 bits per heavy atom. The summed E-state index contributed by atoms with van der Waals surface area (Å²) in [7, 11) is 0. The normalized spacial score (nSPS) is 9.43. The van der Waals surface area contributed by atoms with Gasteiger partial charge in [-0.1, -0.05) is 12.1 Å². The zero-order valence-corrected chi connectivity index (χ0v) is 10.9. The molecule has 6 nitrogen and oxygen atoms in total. The van der Waals surface area contributed by atoms with Crippen molar-refractivity contribution in [2.24, 2.45) is 0 Å². The molecule has 0 radical (unpaired) electrons. The van der Waals surface area contributed by atoms with E-state index in [1.54, 1.807) is 18.2 Å². The molecule has 0 atom stereocenters. The van der Waals surface area contributed by atoms with Crippen LogP contribution in [0.5, 0.6) is 0 Å². The Labute approximate surface area is 121 Å². The van der Waals surface area contributed by atoms with Gasteiger partial charge >= 0.3 is 0 Å². The minimum atomic E-state index is -0.541. The average molecular weight is 278 g/mol. The van der Waals surface area contributed by atoms with E-state index in [0.717, 1.165) is 5.56 Å². The molecule has 6 heteroatoms. The Hall–Kier alpha value is -3.38. The van der Waals surface area contributed by atoms with Crippen LogP contribution >= 0.6 is 0 Å². The maximum Gasteiger partial charge on any atom is 0.270 e. The van der Waals surface area contributed by atoms with E-state index in [1.807, 2.05) is 12.1 Å². The highest BCUT2D eigenvalue weighted by molar-refractivity contribution is 5.61. The summed E-state index contributed by atoms with van der Waals surface area (Å²) < 4.78 is 0. The molecule has 0 fully saturated rings. The molecule has 0 amide bonds. The van der Waals surface area contributed by atoms with Crippen LogP contribution in [0.25, 0.3) is 0 Å². The molecule has 0 aromatic heterocycles. The third-order valence-electron chi connectivity index (χ3n) is 2.87. The SMILES string of the molecule is N#Cc1cccc(CNc2ccc([N+](=O)[O-])cc2C#N)c1. The monoisotopic (exact) mass is 278 g/mol. The van der Waals surface area contributed by atoms with E-state index in [1.165, 1.54) is 18.2 Å². The molecule has 0 aliphatic rings. The lowest BCUT2D eigenvalue weighted by Crippen LogP contribution is -2.02. The molecule has 0 aliphatic heterocycles. The zero-order chi connectivity index (χ0) is 15.2. The third kappa shape index (κ3) is 3.34. The zero-order valence-electron chi connectivity index (χ0n) is 10.9. The van der Waals surface area contributed by atoms with Gasteiger partial charge in [0.25, 0.3) is 5.69 Å². The van der Waals surface area contributed by atoms with Gasteiger partial charge < -0.3 is 5.32 Å². The van der Waals surface area contributed by atoms with Gasteiger partial charge in [-0.2, -0.15) is 10.5 Å². The number of anilines is 1. The van der Waals surface area contributed by atoms with Gasteiger partial charge in [-0.15, -0.1) is 0 Å². The fourth-order valence-corrected chi connectivity index (χ4v) is 1.84. The van der Waals surface area contributed by atoms with Crippen LogP contribution in [0.3, 0.4) is 0 Å². The van der Waals surface area contributed by atoms with Crippen molar-refractivity contribution in [3.8, 4) is 12.1 Å². The van der Waals surface area contributed by atoms with E-state index < -0.39 is 4.92 Å². The van der Waals surface area contributed by atoms with Gasteiger partial charge in [0.1, 0.15) is 6.07 Å². The summed E-state index contributed by atoms with van der Waals surface area (Å²) in [6.07, 6.45) is 0. The van der Waals surface area contributed by atoms with E-state index >= 15 is 0 Å². The molecular formula is C15H10N4O2. The van der Waals surface area contributed by atoms with Gasteiger partial charge in [0.2, 0.25) is 0 Å². The van der Waals surface area contributed by atoms with Crippen molar-refractivity contribution in [3.63, 3.8) is 0 Å². The van der Waals surface area contributed by atoms with Crippen LogP contribution < -0.4 is 5.32 Å². The third-order valence-corrected chi connectivity index (χ3v) is 2.87. The fraction of sp³-hybridized carbons (Fsp3) is 0.0667. The van der Waals surface area contributed by atoms with Crippen LogP contribution in [0.2, 0.25) is 0 Å². The first-order valence-corrected chi connectivity index (χ1v) is 6.05. The number of rotatable bonds is 4. The molecule has 0 saturated heterocycles. The fourth-order valence-electron chi connectivity index (χ4n) is 1.84. The van der Waals surface area contributed by atoms with Gasteiger partial charge in [0, 0.05) is 18.7 Å². The van der Waals surface area contributed by atoms with E-state index in [-0.39, 0.29) is 11.3 Å². The number of nitro groups is 1. The molecular weight excluding hydrogens is 268 g/mol. The highest BCUT2D eigenvalue weighted by Crippen LogP contribution is 2.22. The second-order valence-electron chi connectivity index (χ2n) is 4.26. The highest BCUT2D eigenvalue weighted by Gasteiger charge is 2.10. The number of benzene rings is 2. The molecule has 1 N–H and O–H groups in total. The van der Waals surface area contributed by atoms with Crippen LogP contribution in [0.15, 0.2) is 42.5 Å². The van der Waals surface area contributed by atoms with Crippen LogP contribution in [0.1, 0.15) is 16.7 Å². The van der Waals surface area contributed by atoms with Gasteiger partial charge in [0.05, 0.1) is 27.8 Å². The number of nitrogens with zero attached hydrogens (tertiary/aromatic N) is 3. The van der Waals surface area contributed by atoms with Crippen molar-refractivity contribution in [1.82, 2.24) is 0 Å². The Morgan fingerprint density at radius 1 is 1.14 bits per heavy atom. The van der Waals surface area contributed by atoms with Crippen molar-refractivity contribution in [3.05, 3.63) is 69.3 Å². The standard InChI is InChI=1S/C15H10N4O2/c16-8-11-2-1-3-12(6-11)10-18-15-5-4-14(19(20)21)7-13(15)9-17/h1-7,18H,10H2. The molecule has 0 heterocycles. The van der Waals surface area contributed by atoms with Crippen LogP contribution in [-0.4, -0.2) is 4.92 Å². The molecule has 0 unspecified atom stereocenters. The highest BCUT2D eigenvalue weighted by atomic mass is 16.6. The number of non-ortho nitro benzene ring substituents is 1. The quantitative estimate of drug-likeness (QED) is 0.684. The lowest BCUT2D eigenvalue weighted by Gasteiger charge is -2.08. The number of nitrogens with one attached hydrogen (secondary N) is 1. The van der Waals surface area contributed by atoms with Crippen LogP contribution in [0.4, 0.5) is 11.4 Å². The Morgan fingerprint density at radius 3 is 2.62 bits per heavy atom. The molecule has 0 aliphatic carbocycles. The lowest BCUT2D eigenvalue weighted by molar-refractivity contribution is -0.384. The Balaban J connectivity index is 2.18. The van der Waals surface area contributed by atoms with E-state index in [2.05, 4.69) is 11.4 Å². The predicted molar refractivity (Wildman–Crippen MR) is 76.3 cm³/mol. The molecule has 2 rings (SSSR count). The molecule has 21 heavy (non-hydrogen) atoms. The Kier molecular flexibility index (Phi) is 4.13. The van der Waals surface area contributed by atoms with Gasteiger partial charge in [-0.3, -0.25) is 10.1 Å². The van der Waals surface area contributed by atoms with E-state index in [9.17, 15) is 10.1 Å². The smallest absolute Gasteiger partial charge is 0.270 e. The first-order chi connectivity index (χ1) is 10.1. The van der Waals surface area contributed by atoms with E-state index in [4.69, 9.17) is 10.5 Å². The summed E-state index contributed by atoms with van der Waals surface area (Å²) in [6.45, 7) is 0.419. The number of hydrogen-bond acceptors (Lipinski definition) is 5. The first kappa shape index (κ1) is 14.0. The van der Waals surface area contributed by atoms with Crippen molar-refractivity contribution >= 4 is 11.4 Å². The van der Waals surface area contributed by atoms with Gasteiger partial charge in [0.15, 0.2) is 0 Å². The lowest BCUT2D eigenvalue weighted by atomic mass is 10.1. The van der Waals surface area contributed by atoms with E-state index in [0.29, 0.717) is 17.8 Å². The largest absolute Gasteiger partial charge is 0.380 e. The van der Waals surface area contributed by atoms with Gasteiger partial charge in [-0.05, 0) is 23.8 Å². The van der Waals surface area contributed by atoms with Crippen molar-refractivity contribution in [2.75, 3.05) is 5.32 Å². The Bertz CT molecular complexity index is 772. The minimum Gasteiger partial charge on any atom is -0.380 e. The predicted octanol–water partition coefficient (Wildman–Crippen LogP) is 2.95. The van der Waals surface area contributed by atoms with Crippen LogP contribution in [-0.2, 0) is 6.54 Å². The van der Waals surface area contributed by atoms with Gasteiger partial charge in [-0.25, -0.2) is 0 Å². The van der Waals surface area contributed by atoms with Crippen molar-refractivity contribution in [2.45, 2.75) is 6.54 Å².